The van der Waals surface area contributed by atoms with Gasteiger partial charge in [-0.15, -0.1) is 24.0 Å². The van der Waals surface area contributed by atoms with E-state index in [0.717, 1.165) is 11.5 Å². The fraction of sp³-hybridized carbons (Fsp3) is 0.444. The summed E-state index contributed by atoms with van der Waals surface area (Å²) >= 11 is 0. The summed E-state index contributed by atoms with van der Waals surface area (Å²) in [5, 5.41) is 6.37. The first kappa shape index (κ1) is 21.3. The average Bonchev–Trinajstić information content (AvgIpc) is 3.04. The van der Waals surface area contributed by atoms with Crippen LogP contribution in [0.3, 0.4) is 0 Å². The van der Waals surface area contributed by atoms with Crippen LogP contribution in [0.2, 0.25) is 0 Å². The number of halogens is 1. The van der Waals surface area contributed by atoms with E-state index in [2.05, 4.69) is 41.4 Å². The van der Waals surface area contributed by atoms with E-state index in [1.54, 1.807) is 13.2 Å². The topological polar surface area (TPSA) is 71.7 Å². The number of hydrogen-bond acceptors (Lipinski definition) is 4. The van der Waals surface area contributed by atoms with Gasteiger partial charge in [-0.3, -0.25) is 4.99 Å². The Morgan fingerprint density at radius 2 is 1.92 bits per heavy atom. The number of guanidine groups is 1. The monoisotopic (exact) mass is 458 g/mol. The molecule has 1 aromatic heterocycles. The quantitative estimate of drug-likeness (QED) is 0.301. The SMILES string of the molecule is CN=C(NCCOc1ccccc1)NCc1ncc(C(C)(C)C)o1.I. The first-order chi connectivity index (χ1) is 11.5. The maximum atomic E-state index is 5.75. The third-order valence-electron chi connectivity index (χ3n) is 3.33. The highest BCUT2D eigenvalue weighted by molar-refractivity contribution is 14.0. The van der Waals surface area contributed by atoms with Gasteiger partial charge in [-0.05, 0) is 12.1 Å². The summed E-state index contributed by atoms with van der Waals surface area (Å²) in [5.41, 5.74) is -0.0417. The van der Waals surface area contributed by atoms with E-state index >= 15 is 0 Å². The number of aliphatic imine (C=N–C) groups is 1. The van der Waals surface area contributed by atoms with Crippen molar-refractivity contribution in [3.05, 3.63) is 48.2 Å². The van der Waals surface area contributed by atoms with Gasteiger partial charge in [0.05, 0.1) is 19.3 Å². The Morgan fingerprint density at radius 3 is 2.52 bits per heavy atom. The summed E-state index contributed by atoms with van der Waals surface area (Å²) in [6.07, 6.45) is 1.78. The molecular weight excluding hydrogens is 431 g/mol. The number of nitrogens with one attached hydrogen (secondary N) is 2. The van der Waals surface area contributed by atoms with Gasteiger partial charge in [-0.2, -0.15) is 0 Å². The maximum Gasteiger partial charge on any atom is 0.213 e. The smallest absolute Gasteiger partial charge is 0.213 e. The minimum absolute atomic E-state index is 0. The summed E-state index contributed by atoms with van der Waals surface area (Å²) in [6, 6.07) is 9.73. The lowest BCUT2D eigenvalue weighted by atomic mass is 9.94. The standard InChI is InChI=1S/C18H26N4O2.HI/c1-18(2,3)15-12-21-16(24-15)13-22-17(19-4)20-10-11-23-14-8-6-5-7-9-14;/h5-9,12H,10-11,13H2,1-4H3,(H2,19,20,22);1H. The molecule has 0 saturated carbocycles. The predicted molar refractivity (Wildman–Crippen MR) is 111 cm³/mol. The molecule has 0 bridgehead atoms. The van der Waals surface area contributed by atoms with Crippen LogP contribution < -0.4 is 15.4 Å². The minimum Gasteiger partial charge on any atom is -0.492 e. The van der Waals surface area contributed by atoms with Crippen LogP contribution >= 0.6 is 24.0 Å². The Labute approximate surface area is 166 Å². The number of para-hydroxylation sites is 1. The van der Waals surface area contributed by atoms with Gasteiger partial charge in [0.1, 0.15) is 18.1 Å². The van der Waals surface area contributed by atoms with Gasteiger partial charge >= 0.3 is 0 Å². The van der Waals surface area contributed by atoms with E-state index in [1.165, 1.54) is 0 Å². The van der Waals surface area contributed by atoms with E-state index < -0.39 is 0 Å². The van der Waals surface area contributed by atoms with Gasteiger partial charge in [0, 0.05) is 12.5 Å². The van der Waals surface area contributed by atoms with Crippen LogP contribution in [0.4, 0.5) is 0 Å². The number of ether oxygens (including phenoxy) is 1. The molecule has 0 fully saturated rings. The third kappa shape index (κ3) is 7.33. The lowest BCUT2D eigenvalue weighted by Gasteiger charge is -2.13. The van der Waals surface area contributed by atoms with Crippen molar-refractivity contribution in [1.82, 2.24) is 15.6 Å². The molecule has 2 aromatic rings. The fourth-order valence-electron chi connectivity index (χ4n) is 1.97. The Balaban J connectivity index is 0.00000312. The molecule has 0 atom stereocenters. The largest absolute Gasteiger partial charge is 0.492 e. The van der Waals surface area contributed by atoms with Crippen LogP contribution in [-0.2, 0) is 12.0 Å². The van der Waals surface area contributed by atoms with Gasteiger partial charge in [0.15, 0.2) is 5.96 Å². The molecule has 1 heterocycles. The molecule has 0 amide bonds. The van der Waals surface area contributed by atoms with Crippen molar-refractivity contribution in [2.24, 2.45) is 4.99 Å². The third-order valence-corrected chi connectivity index (χ3v) is 3.33. The fourth-order valence-corrected chi connectivity index (χ4v) is 1.97. The molecular formula is C18H27IN4O2. The second kappa shape index (κ2) is 10.3. The van der Waals surface area contributed by atoms with Crippen molar-refractivity contribution in [2.75, 3.05) is 20.2 Å². The molecule has 138 valence electrons. The number of oxazole rings is 1. The average molecular weight is 458 g/mol. The number of rotatable bonds is 6. The zero-order valence-corrected chi connectivity index (χ0v) is 17.5. The van der Waals surface area contributed by atoms with E-state index in [1.807, 2.05) is 30.3 Å². The molecule has 1 aromatic carbocycles. The summed E-state index contributed by atoms with van der Waals surface area (Å²) < 4.78 is 11.4. The van der Waals surface area contributed by atoms with Crippen LogP contribution in [0.25, 0.3) is 0 Å². The zero-order valence-electron chi connectivity index (χ0n) is 15.2. The number of hydrogen-bond donors (Lipinski definition) is 2. The molecule has 6 nitrogen and oxygen atoms in total. The predicted octanol–water partition coefficient (Wildman–Crippen LogP) is 3.33. The lowest BCUT2D eigenvalue weighted by molar-refractivity contribution is 0.321. The second-order valence-corrected chi connectivity index (χ2v) is 6.38. The second-order valence-electron chi connectivity index (χ2n) is 6.38. The van der Waals surface area contributed by atoms with Crippen LogP contribution in [0.1, 0.15) is 32.4 Å². The van der Waals surface area contributed by atoms with Crippen molar-refractivity contribution < 1.29 is 9.15 Å². The molecule has 0 unspecified atom stereocenters. The first-order valence-electron chi connectivity index (χ1n) is 8.06. The summed E-state index contributed by atoms with van der Waals surface area (Å²) in [6.45, 7) is 7.97. The van der Waals surface area contributed by atoms with Gasteiger partial charge < -0.3 is 19.8 Å². The molecule has 25 heavy (non-hydrogen) atoms. The minimum atomic E-state index is -0.0417. The Kier molecular flexibility index (Phi) is 8.74. The summed E-state index contributed by atoms with van der Waals surface area (Å²) in [4.78, 5) is 8.46. The van der Waals surface area contributed by atoms with Gasteiger partial charge in [-0.25, -0.2) is 4.98 Å². The summed E-state index contributed by atoms with van der Waals surface area (Å²) in [7, 11) is 1.73. The highest BCUT2D eigenvalue weighted by Crippen LogP contribution is 2.22. The van der Waals surface area contributed by atoms with Crippen molar-refractivity contribution in [1.29, 1.82) is 0 Å². The van der Waals surface area contributed by atoms with Crippen LogP contribution in [0, 0.1) is 0 Å². The normalized spacial score (nSPS) is 11.6. The molecule has 0 radical (unpaired) electrons. The van der Waals surface area contributed by atoms with E-state index in [0.29, 0.717) is 31.5 Å². The van der Waals surface area contributed by atoms with E-state index in [9.17, 15) is 0 Å². The van der Waals surface area contributed by atoms with Crippen molar-refractivity contribution in [3.63, 3.8) is 0 Å². The van der Waals surface area contributed by atoms with Crippen LogP contribution in [-0.4, -0.2) is 31.1 Å². The first-order valence-corrected chi connectivity index (χ1v) is 8.06. The molecule has 0 spiro atoms. The summed E-state index contributed by atoms with van der Waals surface area (Å²) in [5.74, 6) is 3.06. The molecule has 2 N–H and O–H groups in total. The highest BCUT2D eigenvalue weighted by atomic mass is 127. The van der Waals surface area contributed by atoms with Gasteiger partial charge in [0.25, 0.3) is 0 Å². The van der Waals surface area contributed by atoms with Crippen molar-refractivity contribution in [3.8, 4) is 5.75 Å². The number of benzene rings is 1. The Morgan fingerprint density at radius 1 is 1.20 bits per heavy atom. The molecule has 0 saturated heterocycles. The number of nitrogens with zero attached hydrogens (tertiary/aromatic N) is 2. The maximum absolute atomic E-state index is 5.75. The molecule has 0 aliphatic carbocycles. The van der Waals surface area contributed by atoms with Gasteiger partial charge in [-0.1, -0.05) is 39.0 Å². The Hall–Kier alpha value is -1.77. The van der Waals surface area contributed by atoms with Crippen molar-refractivity contribution >= 4 is 29.9 Å². The van der Waals surface area contributed by atoms with E-state index in [4.69, 9.17) is 9.15 Å². The molecule has 0 aliphatic rings. The molecule has 7 heteroatoms. The zero-order chi connectivity index (χ0) is 17.4. The number of aromatic nitrogens is 1. The van der Waals surface area contributed by atoms with Gasteiger partial charge in [0.2, 0.25) is 5.89 Å². The van der Waals surface area contributed by atoms with Crippen LogP contribution in [0.5, 0.6) is 5.75 Å². The highest BCUT2D eigenvalue weighted by Gasteiger charge is 2.19. The lowest BCUT2D eigenvalue weighted by Crippen LogP contribution is -2.38. The Bertz CT molecular complexity index is 651. The molecule has 0 aliphatic heterocycles. The van der Waals surface area contributed by atoms with E-state index in [-0.39, 0.29) is 29.4 Å². The van der Waals surface area contributed by atoms with Crippen molar-refractivity contribution in [2.45, 2.75) is 32.7 Å². The molecule has 2 rings (SSSR count). The van der Waals surface area contributed by atoms with Crippen LogP contribution in [0.15, 0.2) is 45.9 Å².